The number of piperazine rings is 1. The molecule has 1 N–H and O–H groups in total. The first-order valence-corrected chi connectivity index (χ1v) is 8.57. The minimum Gasteiger partial charge on any atom is -0.315 e. The monoisotopic (exact) mass is 303 g/mol. The van der Waals surface area contributed by atoms with Gasteiger partial charge in [0.25, 0.3) is 0 Å². The van der Waals surface area contributed by atoms with Gasteiger partial charge in [0.05, 0.1) is 0 Å². The first-order chi connectivity index (χ1) is 10.2. The second-order valence-electron chi connectivity index (χ2n) is 6.10. The van der Waals surface area contributed by atoms with Gasteiger partial charge in [-0.2, -0.15) is 0 Å². The summed E-state index contributed by atoms with van der Waals surface area (Å²) in [6, 6.07) is 9.48. The Labute approximate surface area is 131 Å². The molecule has 1 fully saturated rings. The molecule has 0 amide bonds. The molecule has 3 nitrogen and oxygen atoms in total. The topological polar surface area (TPSA) is 18.5 Å². The predicted molar refractivity (Wildman–Crippen MR) is 92.0 cm³/mol. The van der Waals surface area contributed by atoms with Gasteiger partial charge < -0.3 is 10.2 Å². The van der Waals surface area contributed by atoms with Crippen LogP contribution in [0.1, 0.15) is 17.4 Å². The summed E-state index contributed by atoms with van der Waals surface area (Å²) in [5, 5.41) is 4.77. The van der Waals surface area contributed by atoms with E-state index in [2.05, 4.69) is 53.4 Å². The molecule has 0 saturated carbocycles. The molecular formula is C17H25N3S. The number of rotatable bonds is 4. The molecule has 1 aromatic heterocycles. The van der Waals surface area contributed by atoms with Crippen LogP contribution in [0.5, 0.6) is 0 Å². The molecule has 1 atom stereocenters. The van der Waals surface area contributed by atoms with Gasteiger partial charge in [-0.05, 0) is 38.0 Å². The van der Waals surface area contributed by atoms with E-state index in [1.54, 1.807) is 0 Å². The highest BCUT2D eigenvalue weighted by Crippen LogP contribution is 2.32. The summed E-state index contributed by atoms with van der Waals surface area (Å²) >= 11 is 1.94. The first-order valence-electron chi connectivity index (χ1n) is 7.75. The molecule has 0 bridgehead atoms. The van der Waals surface area contributed by atoms with Crippen molar-refractivity contribution in [3.05, 3.63) is 34.7 Å². The third kappa shape index (κ3) is 3.14. The summed E-state index contributed by atoms with van der Waals surface area (Å²) in [7, 11) is 4.26. The average Bonchev–Trinajstić information content (AvgIpc) is 2.81. The Morgan fingerprint density at radius 3 is 2.86 bits per heavy atom. The Morgan fingerprint density at radius 1 is 1.29 bits per heavy atom. The van der Waals surface area contributed by atoms with Crippen molar-refractivity contribution < 1.29 is 0 Å². The highest BCUT2D eigenvalue weighted by atomic mass is 32.1. The Balaban J connectivity index is 1.86. The number of fused-ring (bicyclic) bond motifs is 1. The summed E-state index contributed by atoms with van der Waals surface area (Å²) in [6.07, 6.45) is 0. The number of thiophene rings is 1. The van der Waals surface area contributed by atoms with E-state index in [0.717, 1.165) is 13.1 Å². The van der Waals surface area contributed by atoms with Gasteiger partial charge in [0.2, 0.25) is 0 Å². The molecular weight excluding hydrogens is 278 g/mol. The molecule has 3 rings (SSSR count). The number of nitrogens with one attached hydrogen (secondary N) is 1. The van der Waals surface area contributed by atoms with E-state index < -0.39 is 0 Å². The predicted octanol–water partition coefficient (Wildman–Crippen LogP) is 2.76. The zero-order valence-electron chi connectivity index (χ0n) is 13.2. The van der Waals surface area contributed by atoms with Crippen molar-refractivity contribution in [1.82, 2.24) is 15.1 Å². The summed E-state index contributed by atoms with van der Waals surface area (Å²) < 4.78 is 1.42. The van der Waals surface area contributed by atoms with Crippen LogP contribution in [0.4, 0.5) is 0 Å². The molecule has 2 aromatic rings. The summed E-state index contributed by atoms with van der Waals surface area (Å²) in [5.41, 5.74) is 1.53. The van der Waals surface area contributed by atoms with E-state index in [0.29, 0.717) is 6.04 Å². The minimum atomic E-state index is 0.649. The number of nitrogens with zero attached hydrogens (tertiary/aromatic N) is 2. The fourth-order valence-electron chi connectivity index (χ4n) is 3.12. The van der Waals surface area contributed by atoms with Gasteiger partial charge in [0.15, 0.2) is 0 Å². The van der Waals surface area contributed by atoms with Gasteiger partial charge >= 0.3 is 0 Å². The van der Waals surface area contributed by atoms with Crippen molar-refractivity contribution in [1.29, 1.82) is 0 Å². The molecule has 0 aliphatic carbocycles. The lowest BCUT2D eigenvalue weighted by Gasteiger charge is -2.37. The Morgan fingerprint density at radius 2 is 2.10 bits per heavy atom. The number of hydrogen-bond donors (Lipinski definition) is 1. The van der Waals surface area contributed by atoms with Gasteiger partial charge in [-0.25, -0.2) is 0 Å². The zero-order valence-corrected chi connectivity index (χ0v) is 14.0. The molecule has 1 aliphatic rings. The number of hydrogen-bond acceptors (Lipinski definition) is 4. The first kappa shape index (κ1) is 15.0. The zero-order chi connectivity index (χ0) is 14.8. The number of likely N-dealkylation sites (N-methyl/N-ethyl adjacent to an activating group) is 1. The third-order valence-corrected chi connectivity index (χ3v) is 5.76. The van der Waals surface area contributed by atoms with Crippen LogP contribution in [0.15, 0.2) is 24.3 Å². The molecule has 0 radical (unpaired) electrons. The van der Waals surface area contributed by atoms with Crippen molar-refractivity contribution in [2.24, 2.45) is 0 Å². The maximum absolute atomic E-state index is 3.32. The van der Waals surface area contributed by atoms with Crippen molar-refractivity contribution in [2.45, 2.75) is 26.1 Å². The van der Waals surface area contributed by atoms with E-state index in [4.69, 9.17) is 0 Å². The van der Waals surface area contributed by atoms with Crippen molar-refractivity contribution in [3.8, 4) is 0 Å². The van der Waals surface area contributed by atoms with E-state index in [-0.39, 0.29) is 0 Å². The fourth-order valence-corrected chi connectivity index (χ4v) is 4.34. The molecule has 1 aliphatic heterocycles. The van der Waals surface area contributed by atoms with Gasteiger partial charge in [0, 0.05) is 48.3 Å². The Kier molecular flexibility index (Phi) is 4.60. The lowest BCUT2D eigenvalue weighted by molar-refractivity contribution is 0.100. The van der Waals surface area contributed by atoms with Crippen LogP contribution in [-0.2, 0) is 13.1 Å². The van der Waals surface area contributed by atoms with E-state index in [1.165, 1.54) is 40.2 Å². The summed E-state index contributed by atoms with van der Waals surface area (Å²) in [5.74, 6) is 0. The molecule has 4 heteroatoms. The van der Waals surface area contributed by atoms with Gasteiger partial charge in [-0.15, -0.1) is 11.3 Å². The Hall–Kier alpha value is -0.940. The maximum atomic E-state index is 3.32. The molecule has 21 heavy (non-hydrogen) atoms. The lowest BCUT2D eigenvalue weighted by Crippen LogP contribution is -2.49. The standard InChI is InChI=1S/C17H25N3S/c1-13-11-20(9-8-19(13)3)12-15-14-6-4-5-7-16(14)21-17(15)10-18-2/h4-7,13,18H,8-12H2,1-3H3. The lowest BCUT2D eigenvalue weighted by atomic mass is 10.1. The van der Waals surface area contributed by atoms with Crippen LogP contribution in [0, 0.1) is 0 Å². The van der Waals surface area contributed by atoms with Crippen LogP contribution in [-0.4, -0.2) is 49.6 Å². The van der Waals surface area contributed by atoms with Crippen LogP contribution < -0.4 is 5.32 Å². The second kappa shape index (κ2) is 6.44. The molecule has 1 unspecified atom stereocenters. The van der Waals surface area contributed by atoms with E-state index >= 15 is 0 Å². The van der Waals surface area contributed by atoms with Crippen LogP contribution in [0.3, 0.4) is 0 Å². The van der Waals surface area contributed by atoms with Crippen molar-refractivity contribution in [3.63, 3.8) is 0 Å². The maximum Gasteiger partial charge on any atom is 0.0349 e. The van der Waals surface area contributed by atoms with Gasteiger partial charge in [-0.1, -0.05) is 18.2 Å². The highest BCUT2D eigenvalue weighted by molar-refractivity contribution is 7.19. The largest absolute Gasteiger partial charge is 0.315 e. The normalized spacial score (nSPS) is 21.2. The van der Waals surface area contributed by atoms with Crippen molar-refractivity contribution in [2.75, 3.05) is 33.7 Å². The number of benzene rings is 1. The Bertz CT molecular complexity index is 607. The van der Waals surface area contributed by atoms with Crippen LogP contribution in [0.25, 0.3) is 10.1 Å². The van der Waals surface area contributed by atoms with Crippen molar-refractivity contribution >= 4 is 21.4 Å². The summed E-state index contributed by atoms with van der Waals surface area (Å²) in [4.78, 5) is 6.56. The van der Waals surface area contributed by atoms with Crippen LogP contribution in [0.2, 0.25) is 0 Å². The van der Waals surface area contributed by atoms with E-state index in [1.807, 2.05) is 18.4 Å². The molecule has 1 saturated heterocycles. The quantitative estimate of drug-likeness (QED) is 0.937. The second-order valence-corrected chi connectivity index (χ2v) is 7.23. The SMILES string of the molecule is CNCc1sc2ccccc2c1CN1CCN(C)C(C)C1. The highest BCUT2D eigenvalue weighted by Gasteiger charge is 2.22. The van der Waals surface area contributed by atoms with Crippen LogP contribution >= 0.6 is 11.3 Å². The molecule has 2 heterocycles. The third-order valence-electron chi connectivity index (χ3n) is 4.54. The minimum absolute atomic E-state index is 0.649. The summed E-state index contributed by atoms with van der Waals surface area (Å²) in [6.45, 7) is 7.89. The van der Waals surface area contributed by atoms with E-state index in [9.17, 15) is 0 Å². The van der Waals surface area contributed by atoms with Gasteiger partial charge in [0.1, 0.15) is 0 Å². The molecule has 1 aromatic carbocycles. The van der Waals surface area contributed by atoms with Gasteiger partial charge in [-0.3, -0.25) is 4.90 Å². The fraction of sp³-hybridized carbons (Fsp3) is 0.529. The molecule has 114 valence electrons. The average molecular weight is 303 g/mol. The molecule has 0 spiro atoms. The smallest absolute Gasteiger partial charge is 0.0349 e.